The zero-order chi connectivity index (χ0) is 18.0. The highest BCUT2D eigenvalue weighted by atomic mass is 16.2. The molecule has 7 nitrogen and oxygen atoms in total. The van der Waals surface area contributed by atoms with Gasteiger partial charge in [-0.25, -0.2) is 9.59 Å². The first-order valence-corrected chi connectivity index (χ1v) is 8.32. The van der Waals surface area contributed by atoms with Crippen LogP contribution in [0.15, 0.2) is 36.9 Å². The smallest absolute Gasteiger partial charge is 0.322 e. The van der Waals surface area contributed by atoms with E-state index in [-0.39, 0.29) is 18.5 Å². The van der Waals surface area contributed by atoms with Crippen molar-refractivity contribution in [2.24, 2.45) is 0 Å². The third-order valence-corrected chi connectivity index (χ3v) is 4.80. The molecule has 0 saturated carbocycles. The van der Waals surface area contributed by atoms with E-state index < -0.39 is 11.6 Å². The molecule has 1 aromatic carbocycles. The molecular weight excluding hydrogens is 320 g/mol. The Bertz CT molecular complexity index is 733. The van der Waals surface area contributed by atoms with E-state index >= 15 is 0 Å². The summed E-state index contributed by atoms with van der Waals surface area (Å²) in [4.78, 5) is 39.3. The van der Waals surface area contributed by atoms with Crippen LogP contribution in [0.2, 0.25) is 0 Å². The van der Waals surface area contributed by atoms with Gasteiger partial charge in [0.2, 0.25) is 0 Å². The van der Waals surface area contributed by atoms with Gasteiger partial charge in [-0.3, -0.25) is 9.69 Å². The van der Waals surface area contributed by atoms with Crippen LogP contribution in [0.5, 0.6) is 0 Å². The number of rotatable bonds is 4. The molecule has 3 rings (SSSR count). The topological polar surface area (TPSA) is 81.8 Å². The number of urea groups is 2. The fourth-order valence-corrected chi connectivity index (χ4v) is 3.33. The van der Waals surface area contributed by atoms with Gasteiger partial charge < -0.3 is 15.5 Å². The number of anilines is 1. The maximum atomic E-state index is 12.6. The van der Waals surface area contributed by atoms with Gasteiger partial charge >= 0.3 is 12.1 Å². The highest BCUT2D eigenvalue weighted by Crippen LogP contribution is 2.28. The molecule has 0 aromatic heterocycles. The number of benzene rings is 1. The summed E-state index contributed by atoms with van der Waals surface area (Å²) >= 11 is 0. The van der Waals surface area contributed by atoms with Crippen molar-refractivity contribution in [1.82, 2.24) is 15.1 Å². The SMILES string of the molecule is C=CCCc1ccccc1NC(=O)N1CCC2(C1)NC(=O)N(C)C2=O. The average Bonchev–Trinajstić information content (AvgIpc) is 3.12. The van der Waals surface area contributed by atoms with E-state index in [9.17, 15) is 14.4 Å². The fourth-order valence-electron chi connectivity index (χ4n) is 3.33. The molecule has 2 heterocycles. The Morgan fingerprint density at radius 2 is 2.16 bits per heavy atom. The molecule has 7 heteroatoms. The number of allylic oxidation sites excluding steroid dienone is 1. The second kappa shape index (κ2) is 6.58. The number of carbonyl (C=O) groups excluding carboxylic acids is 3. The monoisotopic (exact) mass is 342 g/mol. The number of hydrogen-bond acceptors (Lipinski definition) is 3. The first-order chi connectivity index (χ1) is 12.0. The minimum atomic E-state index is -0.981. The van der Waals surface area contributed by atoms with Crippen molar-refractivity contribution < 1.29 is 14.4 Å². The predicted molar refractivity (Wildman–Crippen MR) is 94.2 cm³/mol. The number of carbonyl (C=O) groups is 3. The standard InChI is InChI=1S/C18H22N4O3/c1-3-4-7-13-8-5-6-9-14(13)19-16(24)22-11-10-18(12-22)15(23)21(2)17(25)20-18/h3,5-6,8-9H,1,4,7,10-12H2,2H3,(H,19,24)(H,20,25). The van der Waals surface area contributed by atoms with Crippen molar-refractivity contribution in [2.45, 2.75) is 24.8 Å². The Morgan fingerprint density at radius 3 is 2.84 bits per heavy atom. The maximum absolute atomic E-state index is 12.6. The van der Waals surface area contributed by atoms with E-state index in [1.165, 1.54) is 7.05 Å². The largest absolute Gasteiger partial charge is 0.324 e. The second-order valence-corrected chi connectivity index (χ2v) is 6.46. The van der Waals surface area contributed by atoms with E-state index in [1.54, 1.807) is 4.90 Å². The minimum absolute atomic E-state index is 0.183. The summed E-state index contributed by atoms with van der Waals surface area (Å²) in [5, 5.41) is 5.64. The zero-order valence-corrected chi connectivity index (χ0v) is 14.2. The number of para-hydroxylation sites is 1. The van der Waals surface area contributed by atoms with Gasteiger partial charge in [-0.15, -0.1) is 6.58 Å². The summed E-state index contributed by atoms with van der Waals surface area (Å²) in [7, 11) is 1.45. The van der Waals surface area contributed by atoms with Gasteiger partial charge in [0.15, 0.2) is 0 Å². The number of aryl methyl sites for hydroxylation is 1. The van der Waals surface area contributed by atoms with E-state index in [2.05, 4.69) is 17.2 Å². The van der Waals surface area contributed by atoms with Crippen molar-refractivity contribution in [3.8, 4) is 0 Å². The predicted octanol–water partition coefficient (Wildman–Crippen LogP) is 1.96. The van der Waals surface area contributed by atoms with Crippen LogP contribution in [-0.2, 0) is 11.2 Å². The molecular formula is C18H22N4O3. The molecule has 5 amide bonds. The molecule has 2 aliphatic rings. The highest BCUT2D eigenvalue weighted by molar-refractivity contribution is 6.07. The van der Waals surface area contributed by atoms with Crippen LogP contribution in [-0.4, -0.2) is 53.4 Å². The molecule has 2 N–H and O–H groups in total. The lowest BCUT2D eigenvalue weighted by Gasteiger charge is -2.22. The molecule has 1 atom stereocenters. The highest BCUT2D eigenvalue weighted by Gasteiger charge is 2.54. The third-order valence-electron chi connectivity index (χ3n) is 4.80. The molecule has 1 spiro atoms. The molecule has 25 heavy (non-hydrogen) atoms. The Hall–Kier alpha value is -2.83. The lowest BCUT2D eigenvalue weighted by atomic mass is 9.99. The van der Waals surface area contributed by atoms with E-state index in [4.69, 9.17) is 0 Å². The van der Waals surface area contributed by atoms with E-state index in [0.717, 1.165) is 29.0 Å². The Kier molecular flexibility index (Phi) is 4.48. The van der Waals surface area contributed by atoms with Crippen LogP contribution in [0.4, 0.5) is 15.3 Å². The molecule has 0 radical (unpaired) electrons. The van der Waals surface area contributed by atoms with Gasteiger partial charge in [-0.05, 0) is 30.9 Å². The van der Waals surface area contributed by atoms with E-state index in [0.29, 0.717) is 13.0 Å². The molecule has 2 aliphatic heterocycles. The number of amides is 5. The number of likely N-dealkylation sites (N-methyl/N-ethyl adjacent to an activating group) is 1. The lowest BCUT2D eigenvalue weighted by Crippen LogP contribution is -2.50. The lowest BCUT2D eigenvalue weighted by molar-refractivity contribution is -0.129. The quantitative estimate of drug-likeness (QED) is 0.648. The molecule has 2 fully saturated rings. The summed E-state index contributed by atoms with van der Waals surface area (Å²) in [6, 6.07) is 6.95. The van der Waals surface area contributed by atoms with Crippen molar-refractivity contribution >= 4 is 23.7 Å². The van der Waals surface area contributed by atoms with Crippen molar-refractivity contribution in [2.75, 3.05) is 25.5 Å². The summed E-state index contributed by atoms with van der Waals surface area (Å²) in [6.07, 6.45) is 3.89. The Balaban J connectivity index is 1.69. The van der Waals surface area contributed by atoms with Gasteiger partial charge in [0.25, 0.3) is 5.91 Å². The number of nitrogens with zero attached hydrogens (tertiary/aromatic N) is 2. The molecule has 1 aromatic rings. The van der Waals surface area contributed by atoms with Crippen LogP contribution in [0.25, 0.3) is 0 Å². The Labute approximate surface area is 146 Å². The maximum Gasteiger partial charge on any atom is 0.324 e. The van der Waals surface area contributed by atoms with Gasteiger partial charge in [-0.1, -0.05) is 24.3 Å². The molecule has 0 aliphatic carbocycles. The first-order valence-electron chi connectivity index (χ1n) is 8.32. The summed E-state index contributed by atoms with van der Waals surface area (Å²) in [6.45, 7) is 4.32. The minimum Gasteiger partial charge on any atom is -0.322 e. The van der Waals surface area contributed by atoms with Crippen molar-refractivity contribution in [3.05, 3.63) is 42.5 Å². The summed E-state index contributed by atoms with van der Waals surface area (Å²) < 4.78 is 0. The Morgan fingerprint density at radius 1 is 1.40 bits per heavy atom. The van der Waals surface area contributed by atoms with Crippen molar-refractivity contribution in [3.63, 3.8) is 0 Å². The van der Waals surface area contributed by atoms with Crippen LogP contribution < -0.4 is 10.6 Å². The molecule has 0 bridgehead atoms. The van der Waals surface area contributed by atoms with E-state index in [1.807, 2.05) is 30.3 Å². The van der Waals surface area contributed by atoms with Crippen LogP contribution >= 0.6 is 0 Å². The number of imide groups is 1. The zero-order valence-electron chi connectivity index (χ0n) is 14.2. The normalized spacial score (nSPS) is 22.4. The van der Waals surface area contributed by atoms with Gasteiger partial charge in [0.1, 0.15) is 5.54 Å². The van der Waals surface area contributed by atoms with Crippen LogP contribution in [0.3, 0.4) is 0 Å². The first kappa shape index (κ1) is 17.0. The molecule has 2 saturated heterocycles. The average molecular weight is 342 g/mol. The number of nitrogens with one attached hydrogen (secondary N) is 2. The van der Waals surface area contributed by atoms with Gasteiger partial charge in [0.05, 0.1) is 6.54 Å². The van der Waals surface area contributed by atoms with Gasteiger partial charge in [-0.2, -0.15) is 0 Å². The number of hydrogen-bond donors (Lipinski definition) is 2. The van der Waals surface area contributed by atoms with Crippen LogP contribution in [0, 0.1) is 0 Å². The third kappa shape index (κ3) is 3.09. The van der Waals surface area contributed by atoms with Gasteiger partial charge in [0, 0.05) is 19.3 Å². The summed E-state index contributed by atoms with van der Waals surface area (Å²) in [5.74, 6) is -0.279. The molecule has 132 valence electrons. The van der Waals surface area contributed by atoms with Crippen molar-refractivity contribution in [1.29, 1.82) is 0 Å². The molecule has 1 unspecified atom stereocenters. The fraction of sp³-hybridized carbons (Fsp3) is 0.389. The number of likely N-dealkylation sites (tertiary alicyclic amines) is 1. The second-order valence-electron chi connectivity index (χ2n) is 6.46. The summed E-state index contributed by atoms with van der Waals surface area (Å²) in [5.41, 5.74) is 0.815. The van der Waals surface area contributed by atoms with Crippen LogP contribution in [0.1, 0.15) is 18.4 Å².